The van der Waals surface area contributed by atoms with Gasteiger partial charge in [0, 0.05) is 17.4 Å². The van der Waals surface area contributed by atoms with Gasteiger partial charge >= 0.3 is 12.0 Å². The van der Waals surface area contributed by atoms with Crippen molar-refractivity contribution in [2.45, 2.75) is 56.4 Å². The number of esters is 1. The van der Waals surface area contributed by atoms with Gasteiger partial charge in [-0.3, -0.25) is 4.79 Å². The van der Waals surface area contributed by atoms with Crippen molar-refractivity contribution in [1.29, 1.82) is 0 Å². The van der Waals surface area contributed by atoms with Gasteiger partial charge in [0.15, 0.2) is 0 Å². The zero-order valence-corrected chi connectivity index (χ0v) is 16.1. The van der Waals surface area contributed by atoms with Crippen molar-refractivity contribution in [1.82, 2.24) is 10.6 Å². The number of thioether (sulfide) groups is 1. The number of urea groups is 1. The number of amides is 2. The largest absolute Gasteiger partial charge is 0.490 e. The molecular weight excluding hydrogens is 352 g/mol. The molecule has 26 heavy (non-hydrogen) atoms. The first-order valence-corrected chi connectivity index (χ1v) is 10.5. The molecule has 0 radical (unpaired) electrons. The Morgan fingerprint density at radius 3 is 3.00 bits per heavy atom. The molecule has 0 aromatic rings. The van der Waals surface area contributed by atoms with Crippen molar-refractivity contribution in [3.8, 4) is 0 Å². The second-order valence-corrected chi connectivity index (χ2v) is 8.39. The van der Waals surface area contributed by atoms with Crippen LogP contribution >= 0.6 is 11.8 Å². The predicted octanol–water partition coefficient (Wildman–Crippen LogP) is 2.75. The van der Waals surface area contributed by atoms with Crippen LogP contribution in [-0.2, 0) is 14.3 Å². The molecule has 7 heteroatoms. The normalized spacial score (nSPS) is 29.6. The number of nitrogens with one attached hydrogen (secondary N) is 2. The molecule has 3 aliphatic rings. The molecule has 3 rings (SSSR count). The lowest BCUT2D eigenvalue weighted by atomic mass is 10.0. The van der Waals surface area contributed by atoms with Crippen molar-refractivity contribution >= 4 is 23.8 Å². The fraction of sp³-hybridized carbons (Fsp3) is 0.684. The van der Waals surface area contributed by atoms with Gasteiger partial charge in [0.25, 0.3) is 0 Å². The second-order valence-electron chi connectivity index (χ2n) is 7.12. The van der Waals surface area contributed by atoms with Crippen LogP contribution in [0.1, 0.15) is 39.0 Å². The Labute approximate surface area is 159 Å². The Balaban J connectivity index is 1.20. The van der Waals surface area contributed by atoms with E-state index < -0.39 is 0 Å². The third kappa shape index (κ3) is 5.43. The zero-order valence-electron chi connectivity index (χ0n) is 15.2. The van der Waals surface area contributed by atoms with E-state index in [-0.39, 0.29) is 24.1 Å². The number of ether oxygens (including phenoxy) is 2. The lowest BCUT2D eigenvalue weighted by Crippen LogP contribution is -2.36. The molecule has 2 N–H and O–H groups in total. The molecule has 0 aromatic carbocycles. The van der Waals surface area contributed by atoms with Gasteiger partial charge in [-0.05, 0) is 37.3 Å². The summed E-state index contributed by atoms with van der Waals surface area (Å²) in [7, 11) is 0. The summed E-state index contributed by atoms with van der Waals surface area (Å²) in [5.41, 5.74) is 0. The Morgan fingerprint density at radius 2 is 2.19 bits per heavy atom. The third-order valence-electron chi connectivity index (χ3n) is 4.95. The maximum atomic E-state index is 11.8. The molecule has 4 atom stereocenters. The van der Waals surface area contributed by atoms with E-state index in [4.69, 9.17) is 9.47 Å². The van der Waals surface area contributed by atoms with Crippen molar-refractivity contribution in [2.75, 3.05) is 19.0 Å². The van der Waals surface area contributed by atoms with Crippen LogP contribution < -0.4 is 10.6 Å². The fourth-order valence-corrected chi connectivity index (χ4v) is 5.00. The average Bonchev–Trinajstić information content (AvgIpc) is 3.17. The van der Waals surface area contributed by atoms with E-state index in [1.807, 2.05) is 17.8 Å². The summed E-state index contributed by atoms with van der Waals surface area (Å²) in [6.45, 7) is 2.85. The Hall–Kier alpha value is -1.63. The maximum absolute atomic E-state index is 11.8. The minimum absolute atomic E-state index is 0.0508. The fourth-order valence-electron chi connectivity index (χ4n) is 3.46. The van der Waals surface area contributed by atoms with Crippen LogP contribution in [0.3, 0.4) is 0 Å². The van der Waals surface area contributed by atoms with E-state index in [1.54, 1.807) is 0 Å². The lowest BCUT2D eigenvalue weighted by molar-refractivity contribution is -0.144. The van der Waals surface area contributed by atoms with Crippen LogP contribution in [0.2, 0.25) is 0 Å². The van der Waals surface area contributed by atoms with Crippen LogP contribution in [0.15, 0.2) is 24.0 Å². The molecule has 0 spiro atoms. The van der Waals surface area contributed by atoms with E-state index in [2.05, 4.69) is 29.7 Å². The number of rotatable bonds is 9. The molecule has 2 aliphatic heterocycles. The molecule has 2 heterocycles. The van der Waals surface area contributed by atoms with Crippen LogP contribution in [0, 0.1) is 5.92 Å². The summed E-state index contributed by atoms with van der Waals surface area (Å²) < 4.78 is 10.8. The SMILES string of the molecule is CC1C=CC(OCCOC(=O)CCCCC2SCC3NC(=O)NC32)=CC1. The third-order valence-corrected chi connectivity index (χ3v) is 6.46. The second kappa shape index (κ2) is 9.35. The summed E-state index contributed by atoms with van der Waals surface area (Å²) in [6.07, 6.45) is 10.4. The Morgan fingerprint density at radius 1 is 1.31 bits per heavy atom. The Bertz CT molecular complexity index is 578. The van der Waals surface area contributed by atoms with Crippen LogP contribution in [0.4, 0.5) is 4.79 Å². The van der Waals surface area contributed by atoms with Gasteiger partial charge in [-0.15, -0.1) is 0 Å². The standard InChI is InChI=1S/C19H28N2O4S/c1-13-6-8-14(9-7-13)24-10-11-25-17(22)5-3-2-4-16-18-15(12-26-16)20-19(23)21-18/h6,8-9,13,15-16,18H,2-5,7,10-12H2,1H3,(H2,20,21,23). The molecule has 4 unspecified atom stereocenters. The summed E-state index contributed by atoms with van der Waals surface area (Å²) in [5.74, 6) is 2.23. The monoisotopic (exact) mass is 380 g/mol. The average molecular weight is 381 g/mol. The molecule has 0 aromatic heterocycles. The maximum Gasteiger partial charge on any atom is 0.315 e. The molecular formula is C19H28N2O4S. The van der Waals surface area contributed by atoms with Crippen molar-refractivity contribution in [3.63, 3.8) is 0 Å². The van der Waals surface area contributed by atoms with Gasteiger partial charge in [-0.25, -0.2) is 4.79 Å². The predicted molar refractivity (Wildman–Crippen MR) is 102 cm³/mol. The smallest absolute Gasteiger partial charge is 0.315 e. The molecule has 1 aliphatic carbocycles. The molecule has 2 saturated heterocycles. The van der Waals surface area contributed by atoms with E-state index in [0.717, 1.165) is 37.2 Å². The van der Waals surface area contributed by atoms with Crippen LogP contribution in [0.5, 0.6) is 0 Å². The first-order valence-electron chi connectivity index (χ1n) is 9.47. The highest BCUT2D eigenvalue weighted by molar-refractivity contribution is 8.00. The van der Waals surface area contributed by atoms with E-state index in [1.165, 1.54) is 0 Å². The summed E-state index contributed by atoms with van der Waals surface area (Å²) >= 11 is 1.90. The van der Waals surface area contributed by atoms with Crippen molar-refractivity contribution < 1.29 is 19.1 Å². The number of unbranched alkanes of at least 4 members (excludes halogenated alkanes) is 1. The minimum Gasteiger partial charge on any atom is -0.490 e. The van der Waals surface area contributed by atoms with Crippen LogP contribution in [0.25, 0.3) is 0 Å². The number of fused-ring (bicyclic) bond motifs is 1. The number of carbonyl (C=O) groups is 2. The highest BCUT2D eigenvalue weighted by Gasteiger charge is 2.42. The topological polar surface area (TPSA) is 76.7 Å². The zero-order chi connectivity index (χ0) is 18.4. The van der Waals surface area contributed by atoms with E-state index in [9.17, 15) is 9.59 Å². The van der Waals surface area contributed by atoms with Gasteiger partial charge in [0.05, 0.1) is 12.1 Å². The molecule has 6 nitrogen and oxygen atoms in total. The quantitative estimate of drug-likeness (QED) is 0.365. The van der Waals surface area contributed by atoms with Gasteiger partial charge in [0.1, 0.15) is 19.0 Å². The summed E-state index contributed by atoms with van der Waals surface area (Å²) in [6, 6.07) is 0.451. The van der Waals surface area contributed by atoms with Gasteiger partial charge < -0.3 is 20.1 Å². The van der Waals surface area contributed by atoms with E-state index >= 15 is 0 Å². The highest BCUT2D eigenvalue weighted by atomic mass is 32.2. The van der Waals surface area contributed by atoms with E-state index in [0.29, 0.717) is 30.8 Å². The van der Waals surface area contributed by atoms with Crippen molar-refractivity contribution in [3.05, 3.63) is 24.0 Å². The molecule has 2 amide bonds. The number of hydrogen-bond acceptors (Lipinski definition) is 5. The summed E-state index contributed by atoms with van der Waals surface area (Å²) in [5, 5.41) is 6.38. The molecule has 0 bridgehead atoms. The van der Waals surface area contributed by atoms with Gasteiger partial charge in [-0.1, -0.05) is 19.4 Å². The lowest BCUT2D eigenvalue weighted by Gasteiger charge is -2.16. The van der Waals surface area contributed by atoms with Crippen molar-refractivity contribution in [2.24, 2.45) is 5.92 Å². The molecule has 2 fully saturated rings. The number of allylic oxidation sites excluding steroid dienone is 3. The van der Waals surface area contributed by atoms with Gasteiger partial charge in [0.2, 0.25) is 0 Å². The molecule has 144 valence electrons. The number of hydrogen-bond donors (Lipinski definition) is 2. The minimum atomic E-state index is -0.164. The first-order chi connectivity index (χ1) is 12.6. The highest BCUT2D eigenvalue weighted by Crippen LogP contribution is 2.33. The number of carbonyl (C=O) groups excluding carboxylic acids is 2. The van der Waals surface area contributed by atoms with Gasteiger partial charge in [-0.2, -0.15) is 11.8 Å². The summed E-state index contributed by atoms with van der Waals surface area (Å²) in [4.78, 5) is 23.1. The first kappa shape index (κ1) is 19.1. The molecule has 0 saturated carbocycles. The Kier molecular flexibility index (Phi) is 6.88. The van der Waals surface area contributed by atoms with Crippen LogP contribution in [-0.4, -0.2) is 48.3 Å².